The smallest absolute Gasteiger partial charge is 0.234 e. The van der Waals surface area contributed by atoms with Gasteiger partial charge in [-0.2, -0.15) is 0 Å². The van der Waals surface area contributed by atoms with Crippen LogP contribution >= 0.6 is 34.3 Å². The van der Waals surface area contributed by atoms with Gasteiger partial charge in [0.15, 0.2) is 0 Å². The number of thiophene rings is 1. The summed E-state index contributed by atoms with van der Waals surface area (Å²) in [6, 6.07) is 12.1. The first-order valence-electron chi connectivity index (χ1n) is 10.9. The van der Waals surface area contributed by atoms with E-state index in [0.29, 0.717) is 5.91 Å². The molecule has 0 spiro atoms. The molecule has 1 aliphatic heterocycles. The Morgan fingerprint density at radius 1 is 1.03 bits per heavy atom. The van der Waals surface area contributed by atoms with Crippen LogP contribution in [0.2, 0.25) is 5.02 Å². The second-order valence-corrected chi connectivity index (χ2v) is 10.7. The Balaban J connectivity index is 1.20. The Labute approximate surface area is 196 Å². The maximum atomic E-state index is 13.6. The highest BCUT2D eigenvalue weighted by atomic mass is 35.5. The van der Waals surface area contributed by atoms with Crippen LogP contribution in [-0.2, 0) is 16.8 Å². The fraction of sp³-hybridized carbons (Fsp3) is 0.417. The van der Waals surface area contributed by atoms with Crippen LogP contribution in [0.1, 0.15) is 36.3 Å². The van der Waals surface area contributed by atoms with Crippen molar-refractivity contribution in [3.8, 4) is 10.6 Å². The van der Waals surface area contributed by atoms with Gasteiger partial charge in [-0.3, -0.25) is 9.69 Å². The van der Waals surface area contributed by atoms with E-state index < -0.39 is 0 Å². The van der Waals surface area contributed by atoms with Crippen LogP contribution in [0.5, 0.6) is 0 Å². The van der Waals surface area contributed by atoms with Gasteiger partial charge in [-0.25, -0.2) is 4.98 Å². The third-order valence-corrected chi connectivity index (χ3v) is 8.81. The highest BCUT2D eigenvalue weighted by molar-refractivity contribution is 7.13. The summed E-state index contributed by atoms with van der Waals surface area (Å²) in [5.41, 5.74) is 1.94. The molecule has 0 N–H and O–H groups in total. The molecule has 5 rings (SSSR count). The lowest BCUT2D eigenvalue weighted by atomic mass is 9.82. The Morgan fingerprint density at radius 3 is 2.45 bits per heavy atom. The molecule has 2 aromatic heterocycles. The van der Waals surface area contributed by atoms with E-state index in [4.69, 9.17) is 16.6 Å². The zero-order valence-corrected chi connectivity index (χ0v) is 19.8. The Hall–Kier alpha value is -1.73. The van der Waals surface area contributed by atoms with Crippen LogP contribution in [0, 0.1) is 0 Å². The molecule has 162 valence electrons. The third kappa shape index (κ3) is 4.31. The molecule has 0 atom stereocenters. The third-order valence-electron chi connectivity index (χ3n) is 6.55. The molecular weight excluding hydrogens is 446 g/mol. The van der Waals surface area contributed by atoms with E-state index >= 15 is 0 Å². The lowest BCUT2D eigenvalue weighted by Crippen LogP contribution is -2.53. The van der Waals surface area contributed by atoms with Crippen LogP contribution in [-0.4, -0.2) is 46.9 Å². The molecule has 3 heterocycles. The predicted octanol–water partition coefficient (Wildman–Crippen LogP) is 5.68. The number of thiazole rings is 1. The van der Waals surface area contributed by atoms with Crippen molar-refractivity contribution >= 4 is 40.2 Å². The summed E-state index contributed by atoms with van der Waals surface area (Å²) in [4.78, 5) is 24.2. The van der Waals surface area contributed by atoms with Gasteiger partial charge in [-0.1, -0.05) is 42.6 Å². The summed E-state index contributed by atoms with van der Waals surface area (Å²) in [5, 5.41) is 6.02. The quantitative estimate of drug-likeness (QED) is 0.480. The highest BCUT2D eigenvalue weighted by Crippen LogP contribution is 2.44. The molecule has 1 aliphatic carbocycles. The van der Waals surface area contributed by atoms with Crippen molar-refractivity contribution in [2.45, 2.75) is 37.6 Å². The molecule has 2 fully saturated rings. The van der Waals surface area contributed by atoms with Crippen molar-refractivity contribution < 1.29 is 4.79 Å². The van der Waals surface area contributed by atoms with Crippen molar-refractivity contribution in [1.82, 2.24) is 14.8 Å². The van der Waals surface area contributed by atoms with Gasteiger partial charge >= 0.3 is 0 Å². The van der Waals surface area contributed by atoms with Crippen molar-refractivity contribution in [3.05, 3.63) is 62.8 Å². The Bertz CT molecular complexity index is 1020. The van der Waals surface area contributed by atoms with E-state index in [0.717, 1.165) is 79.7 Å². The summed E-state index contributed by atoms with van der Waals surface area (Å²) in [7, 11) is 0. The first-order chi connectivity index (χ1) is 15.1. The van der Waals surface area contributed by atoms with E-state index in [9.17, 15) is 4.79 Å². The van der Waals surface area contributed by atoms with E-state index in [1.54, 1.807) is 22.7 Å². The van der Waals surface area contributed by atoms with E-state index in [2.05, 4.69) is 32.7 Å². The van der Waals surface area contributed by atoms with Crippen LogP contribution in [0.4, 0.5) is 0 Å². The summed E-state index contributed by atoms with van der Waals surface area (Å²) in [6.07, 6.45) is 4.31. The van der Waals surface area contributed by atoms with Gasteiger partial charge in [0.05, 0.1) is 11.1 Å². The fourth-order valence-corrected chi connectivity index (χ4v) is 6.76. The molecule has 0 unspecified atom stereocenters. The SMILES string of the molecule is O=C(N1CCN(Cc2csc(-c3ccc(Cl)cc3)n2)CC1)C1(c2cccs2)CCCC1. The standard InChI is InChI=1S/C24H26ClN3OS2/c25-19-7-5-18(6-8-19)22-26-20(17-31-22)16-27-11-13-28(14-12-27)23(29)24(9-1-2-10-24)21-4-3-15-30-21/h3-8,15,17H,1-2,9-14,16H2. The monoisotopic (exact) mass is 471 g/mol. The lowest BCUT2D eigenvalue weighted by Gasteiger charge is -2.39. The van der Waals surface area contributed by atoms with Crippen LogP contribution < -0.4 is 0 Å². The Kier molecular flexibility index (Phi) is 6.15. The van der Waals surface area contributed by atoms with Crippen molar-refractivity contribution in [3.63, 3.8) is 0 Å². The molecule has 7 heteroatoms. The maximum absolute atomic E-state index is 13.6. The summed E-state index contributed by atoms with van der Waals surface area (Å²) < 4.78 is 0. The number of carbonyl (C=O) groups excluding carboxylic acids is 1. The molecule has 0 bridgehead atoms. The lowest BCUT2D eigenvalue weighted by molar-refractivity contribution is -0.139. The first-order valence-corrected chi connectivity index (χ1v) is 13.0. The largest absolute Gasteiger partial charge is 0.339 e. The zero-order chi connectivity index (χ0) is 21.3. The predicted molar refractivity (Wildman–Crippen MR) is 129 cm³/mol. The number of benzene rings is 1. The van der Waals surface area contributed by atoms with E-state index in [-0.39, 0.29) is 5.41 Å². The van der Waals surface area contributed by atoms with Crippen molar-refractivity contribution in [2.24, 2.45) is 0 Å². The minimum absolute atomic E-state index is 0.265. The number of rotatable bonds is 5. The van der Waals surface area contributed by atoms with Crippen LogP contribution in [0.3, 0.4) is 0 Å². The molecule has 4 nitrogen and oxygen atoms in total. The normalized spacial score (nSPS) is 19.1. The molecule has 1 aromatic carbocycles. The summed E-state index contributed by atoms with van der Waals surface area (Å²) in [6.45, 7) is 4.25. The van der Waals surface area contributed by atoms with Gasteiger partial charge < -0.3 is 4.90 Å². The minimum atomic E-state index is -0.265. The zero-order valence-electron chi connectivity index (χ0n) is 17.4. The molecule has 0 radical (unpaired) electrons. The van der Waals surface area contributed by atoms with Gasteiger partial charge in [0, 0.05) is 53.6 Å². The molecule has 31 heavy (non-hydrogen) atoms. The van der Waals surface area contributed by atoms with Crippen LogP contribution in [0.25, 0.3) is 10.6 Å². The molecular formula is C24H26ClN3OS2. The van der Waals surface area contributed by atoms with Gasteiger partial charge in [0.1, 0.15) is 5.01 Å². The number of hydrogen-bond acceptors (Lipinski definition) is 5. The number of piperazine rings is 1. The van der Waals surface area contributed by atoms with E-state index in [1.165, 1.54) is 4.88 Å². The highest BCUT2D eigenvalue weighted by Gasteiger charge is 2.46. The van der Waals surface area contributed by atoms with E-state index in [1.807, 2.05) is 24.3 Å². The number of amides is 1. The number of nitrogens with zero attached hydrogens (tertiary/aromatic N) is 3. The minimum Gasteiger partial charge on any atom is -0.339 e. The van der Waals surface area contributed by atoms with Gasteiger partial charge in [0.2, 0.25) is 5.91 Å². The van der Waals surface area contributed by atoms with Crippen LogP contribution in [0.15, 0.2) is 47.2 Å². The van der Waals surface area contributed by atoms with Gasteiger partial charge in [-0.15, -0.1) is 22.7 Å². The molecule has 1 saturated carbocycles. The molecule has 1 amide bonds. The summed E-state index contributed by atoms with van der Waals surface area (Å²) in [5.74, 6) is 0.353. The Morgan fingerprint density at radius 2 is 1.77 bits per heavy atom. The molecule has 2 aliphatic rings. The average Bonchev–Trinajstić information content (AvgIpc) is 3.56. The molecule has 3 aromatic rings. The van der Waals surface area contributed by atoms with Gasteiger partial charge in [0.25, 0.3) is 0 Å². The topological polar surface area (TPSA) is 36.4 Å². The first kappa shape index (κ1) is 21.1. The second kappa shape index (κ2) is 9.02. The van der Waals surface area contributed by atoms with Gasteiger partial charge in [-0.05, 0) is 36.4 Å². The maximum Gasteiger partial charge on any atom is 0.234 e. The molecule has 1 saturated heterocycles. The van der Waals surface area contributed by atoms with Crippen molar-refractivity contribution in [1.29, 1.82) is 0 Å². The number of hydrogen-bond donors (Lipinski definition) is 0. The number of carbonyl (C=O) groups is 1. The summed E-state index contributed by atoms with van der Waals surface area (Å²) >= 11 is 9.41. The van der Waals surface area contributed by atoms with Crippen molar-refractivity contribution in [2.75, 3.05) is 26.2 Å². The number of halogens is 1. The fourth-order valence-electron chi connectivity index (χ4n) is 4.84. The second-order valence-electron chi connectivity index (χ2n) is 8.49. The average molecular weight is 472 g/mol. The number of aromatic nitrogens is 1.